The summed E-state index contributed by atoms with van der Waals surface area (Å²) in [4.78, 5) is 29.4. The summed E-state index contributed by atoms with van der Waals surface area (Å²) in [5, 5.41) is 7.21. The number of anilines is 3. The van der Waals surface area contributed by atoms with Crippen molar-refractivity contribution in [1.29, 1.82) is 0 Å². The lowest BCUT2D eigenvalue weighted by Gasteiger charge is -2.37. The molecule has 1 aliphatic heterocycles. The van der Waals surface area contributed by atoms with Crippen LogP contribution in [-0.4, -0.2) is 11.8 Å². The molecular formula is C28H24BrCl2N3O2. The number of ketones is 1. The topological polar surface area (TPSA) is 61.4 Å². The molecule has 2 N–H and O–H groups in total. The van der Waals surface area contributed by atoms with Crippen LogP contribution >= 0.6 is 39.1 Å². The minimum Gasteiger partial charge on any atom is -0.357 e. The van der Waals surface area contributed by atoms with Gasteiger partial charge in [-0.3, -0.25) is 9.69 Å². The van der Waals surface area contributed by atoms with Gasteiger partial charge in [-0.05, 0) is 59.9 Å². The Bertz CT molecular complexity index is 1420. The van der Waals surface area contributed by atoms with Crippen LogP contribution in [0.1, 0.15) is 38.3 Å². The highest BCUT2D eigenvalue weighted by molar-refractivity contribution is 9.10. The number of carbonyl (C=O) groups excluding carboxylic acids is 2. The van der Waals surface area contributed by atoms with Crippen molar-refractivity contribution in [3.8, 4) is 0 Å². The largest absolute Gasteiger partial charge is 0.357 e. The zero-order chi connectivity index (χ0) is 25.6. The van der Waals surface area contributed by atoms with Crippen LogP contribution in [-0.2, 0) is 4.79 Å². The Morgan fingerprint density at radius 2 is 1.81 bits per heavy atom. The Hall–Kier alpha value is -2.80. The van der Waals surface area contributed by atoms with Crippen LogP contribution < -0.4 is 15.5 Å². The Kier molecular flexibility index (Phi) is 6.62. The summed E-state index contributed by atoms with van der Waals surface area (Å²) in [6.07, 6.45) is 1.09. The summed E-state index contributed by atoms with van der Waals surface area (Å²) in [6, 6.07) is 19.3. The van der Waals surface area contributed by atoms with Crippen LogP contribution in [0.5, 0.6) is 0 Å². The van der Waals surface area contributed by atoms with Gasteiger partial charge in [-0.25, -0.2) is 4.79 Å². The van der Waals surface area contributed by atoms with Crippen molar-refractivity contribution in [2.75, 3.05) is 15.5 Å². The van der Waals surface area contributed by atoms with Crippen LogP contribution in [0.3, 0.4) is 0 Å². The summed E-state index contributed by atoms with van der Waals surface area (Å²) in [6.45, 7) is 4.19. The van der Waals surface area contributed by atoms with Gasteiger partial charge < -0.3 is 10.6 Å². The number of hydrogen-bond donors (Lipinski definition) is 2. The lowest BCUT2D eigenvalue weighted by atomic mass is 9.73. The molecule has 5 rings (SSSR count). The Morgan fingerprint density at radius 3 is 2.56 bits per heavy atom. The smallest absolute Gasteiger partial charge is 0.327 e. The highest BCUT2D eigenvalue weighted by atomic mass is 79.9. The van der Waals surface area contributed by atoms with E-state index in [9.17, 15) is 9.59 Å². The van der Waals surface area contributed by atoms with Gasteiger partial charge >= 0.3 is 6.03 Å². The van der Waals surface area contributed by atoms with Crippen molar-refractivity contribution in [2.45, 2.75) is 32.7 Å². The molecule has 36 heavy (non-hydrogen) atoms. The van der Waals surface area contributed by atoms with Gasteiger partial charge in [0.05, 0.1) is 27.5 Å². The molecule has 0 spiro atoms. The molecule has 1 atom stereocenters. The minimum atomic E-state index is -0.639. The first-order chi connectivity index (χ1) is 17.1. The molecule has 0 fully saturated rings. The van der Waals surface area contributed by atoms with Gasteiger partial charge in [0.2, 0.25) is 0 Å². The second kappa shape index (κ2) is 9.58. The number of nitrogens with one attached hydrogen (secondary N) is 2. The maximum absolute atomic E-state index is 14.0. The molecule has 0 unspecified atom stereocenters. The number of fused-ring (bicyclic) bond motifs is 1. The van der Waals surface area contributed by atoms with E-state index in [-0.39, 0.29) is 17.2 Å². The van der Waals surface area contributed by atoms with E-state index in [1.165, 1.54) is 0 Å². The molecule has 2 aliphatic rings. The average molecular weight is 585 g/mol. The molecule has 0 radical (unpaired) electrons. The lowest BCUT2D eigenvalue weighted by Crippen LogP contribution is -2.41. The van der Waals surface area contributed by atoms with Gasteiger partial charge in [0.25, 0.3) is 0 Å². The molecule has 5 nitrogen and oxygen atoms in total. The summed E-state index contributed by atoms with van der Waals surface area (Å²) < 4.78 is 0.862. The molecule has 3 aromatic carbocycles. The summed E-state index contributed by atoms with van der Waals surface area (Å²) in [7, 11) is 0. The number of carbonyl (C=O) groups is 2. The fraction of sp³-hybridized carbons (Fsp3) is 0.214. The first-order valence-corrected chi connectivity index (χ1v) is 13.1. The number of hydrogen-bond acceptors (Lipinski definition) is 3. The average Bonchev–Trinajstić information content (AvgIpc) is 2.95. The van der Waals surface area contributed by atoms with Crippen molar-refractivity contribution in [3.63, 3.8) is 0 Å². The number of urea groups is 1. The number of amides is 2. The van der Waals surface area contributed by atoms with E-state index in [0.717, 1.165) is 21.4 Å². The molecule has 8 heteroatoms. The first kappa shape index (κ1) is 24.9. The number of halogens is 3. The first-order valence-electron chi connectivity index (χ1n) is 11.6. The molecule has 2 amide bonds. The predicted molar refractivity (Wildman–Crippen MR) is 150 cm³/mol. The van der Waals surface area contributed by atoms with Gasteiger partial charge in [0, 0.05) is 27.9 Å². The molecule has 184 valence electrons. The van der Waals surface area contributed by atoms with Crippen LogP contribution in [0.15, 0.2) is 82.5 Å². The van der Waals surface area contributed by atoms with E-state index in [1.807, 2.05) is 48.5 Å². The number of para-hydroxylation sites is 2. The van der Waals surface area contributed by atoms with Gasteiger partial charge in [0.1, 0.15) is 0 Å². The molecule has 3 aromatic rings. The van der Waals surface area contributed by atoms with E-state index >= 15 is 0 Å². The fourth-order valence-corrected chi connectivity index (χ4v) is 5.68. The predicted octanol–water partition coefficient (Wildman–Crippen LogP) is 8.60. The van der Waals surface area contributed by atoms with E-state index in [4.69, 9.17) is 23.2 Å². The SMILES string of the molecule is CC1(C)CC(=O)C2=C(C1)Nc1ccccc1N(C(=O)Nc1ccc(Cl)c(Cl)c1)[C@H]2c1cccc(Br)c1. The number of nitrogens with zero attached hydrogens (tertiary/aromatic N) is 1. The number of allylic oxidation sites excluding steroid dienone is 1. The quantitative estimate of drug-likeness (QED) is 0.317. The molecule has 0 saturated carbocycles. The number of rotatable bonds is 2. The molecule has 0 aromatic heterocycles. The van der Waals surface area contributed by atoms with Crippen LogP contribution in [0.25, 0.3) is 0 Å². The Labute approximate surface area is 228 Å². The second-order valence-electron chi connectivity index (χ2n) is 9.86. The zero-order valence-corrected chi connectivity index (χ0v) is 22.8. The third kappa shape index (κ3) is 4.77. The molecule has 1 aliphatic carbocycles. The standard InChI is InChI=1S/C28H24BrCl2N3O2/c1-28(2)14-22-25(24(35)15-28)26(16-6-5-7-17(29)12-16)34(23-9-4-3-8-21(23)33-22)27(36)32-18-10-11-19(30)20(31)13-18/h3-13,26,33H,14-15H2,1-2H3,(H,32,36)/t26-/m0/s1. The highest BCUT2D eigenvalue weighted by Gasteiger charge is 2.43. The van der Waals surface area contributed by atoms with Gasteiger partial charge in [-0.1, -0.05) is 77.2 Å². The van der Waals surface area contributed by atoms with E-state index in [1.54, 1.807) is 23.1 Å². The third-order valence-corrected chi connectivity index (χ3v) is 7.69. The van der Waals surface area contributed by atoms with E-state index in [2.05, 4.69) is 40.4 Å². The van der Waals surface area contributed by atoms with Crippen LogP contribution in [0.4, 0.5) is 21.9 Å². The summed E-state index contributed by atoms with van der Waals surface area (Å²) >= 11 is 15.8. The normalized spacial score (nSPS) is 18.6. The van der Waals surface area contributed by atoms with Crippen molar-refractivity contribution >= 4 is 68.0 Å². The maximum Gasteiger partial charge on any atom is 0.327 e. The van der Waals surface area contributed by atoms with Crippen molar-refractivity contribution in [2.24, 2.45) is 5.41 Å². The Balaban J connectivity index is 1.71. The Morgan fingerprint density at radius 1 is 1.03 bits per heavy atom. The van der Waals surface area contributed by atoms with Crippen molar-refractivity contribution < 1.29 is 9.59 Å². The van der Waals surface area contributed by atoms with Crippen LogP contribution in [0.2, 0.25) is 10.0 Å². The second-order valence-corrected chi connectivity index (χ2v) is 11.6. The minimum absolute atomic E-state index is 0.0267. The molecule has 1 heterocycles. The maximum atomic E-state index is 14.0. The third-order valence-electron chi connectivity index (χ3n) is 6.45. The number of Topliss-reactive ketones (excluding diaryl/α,β-unsaturated/α-hetero) is 1. The van der Waals surface area contributed by atoms with Gasteiger partial charge in [0.15, 0.2) is 5.78 Å². The number of benzene rings is 3. The van der Waals surface area contributed by atoms with E-state index in [0.29, 0.717) is 39.8 Å². The van der Waals surface area contributed by atoms with Gasteiger partial charge in [-0.15, -0.1) is 0 Å². The lowest BCUT2D eigenvalue weighted by molar-refractivity contribution is -0.118. The zero-order valence-electron chi connectivity index (χ0n) is 19.7. The van der Waals surface area contributed by atoms with Crippen molar-refractivity contribution in [3.05, 3.63) is 98.1 Å². The molecule has 0 saturated heterocycles. The van der Waals surface area contributed by atoms with Gasteiger partial charge in [-0.2, -0.15) is 0 Å². The van der Waals surface area contributed by atoms with Crippen molar-refractivity contribution in [1.82, 2.24) is 0 Å². The fourth-order valence-electron chi connectivity index (χ4n) is 4.96. The molecular weight excluding hydrogens is 561 g/mol. The molecule has 0 bridgehead atoms. The summed E-state index contributed by atoms with van der Waals surface area (Å²) in [5.41, 5.74) is 4.01. The summed E-state index contributed by atoms with van der Waals surface area (Å²) in [5.74, 6) is 0.0267. The monoisotopic (exact) mass is 583 g/mol. The van der Waals surface area contributed by atoms with E-state index < -0.39 is 6.04 Å². The van der Waals surface area contributed by atoms with Crippen LogP contribution in [0, 0.1) is 5.41 Å². The highest BCUT2D eigenvalue weighted by Crippen LogP contribution is 2.48.